The van der Waals surface area contributed by atoms with Crippen LogP contribution in [0.4, 0.5) is 8.78 Å². The highest BCUT2D eigenvalue weighted by Crippen LogP contribution is 2.17. The van der Waals surface area contributed by atoms with Gasteiger partial charge in [0.15, 0.2) is 5.75 Å². The molecule has 72 valence electrons. The van der Waals surface area contributed by atoms with Gasteiger partial charge < -0.3 is 15.8 Å². The minimum atomic E-state index is -2.90. The maximum atomic E-state index is 12.1. The average molecular weight is 190 g/mol. The van der Waals surface area contributed by atoms with Crippen LogP contribution in [0.3, 0.4) is 0 Å². The van der Waals surface area contributed by atoms with Crippen LogP contribution in [0.15, 0.2) is 11.0 Å². The molecular formula is C7H8F2N2O2. The molecule has 4 N–H and O–H groups in total. The number of aromatic amines is 1. The fourth-order valence-electron chi connectivity index (χ4n) is 0.890. The normalized spacial score (nSPS) is 10.8. The number of nitrogens with one attached hydrogen (secondary N) is 1. The maximum Gasteiger partial charge on any atom is 0.269 e. The van der Waals surface area contributed by atoms with E-state index in [1.165, 1.54) is 0 Å². The third kappa shape index (κ3) is 1.67. The topological polar surface area (TPSA) is 79.1 Å². The molecule has 0 saturated carbocycles. The van der Waals surface area contributed by atoms with Crippen molar-refractivity contribution < 1.29 is 13.9 Å². The predicted octanol–water partition coefficient (Wildman–Crippen LogP) is 0.477. The van der Waals surface area contributed by atoms with E-state index >= 15 is 0 Å². The molecule has 0 spiro atoms. The molecule has 4 nitrogen and oxygen atoms in total. The van der Waals surface area contributed by atoms with Gasteiger partial charge in [0.05, 0.1) is 11.3 Å². The van der Waals surface area contributed by atoms with Crippen LogP contribution < -0.4 is 11.2 Å². The molecule has 13 heavy (non-hydrogen) atoms. The van der Waals surface area contributed by atoms with E-state index < -0.39 is 23.2 Å². The summed E-state index contributed by atoms with van der Waals surface area (Å²) in [6.45, 7) is -0.107. The molecule has 1 aromatic heterocycles. The number of pyridine rings is 1. The number of hydrogen-bond donors (Lipinski definition) is 3. The molecule has 0 aliphatic heterocycles. The number of hydrogen-bond acceptors (Lipinski definition) is 3. The first-order valence-corrected chi connectivity index (χ1v) is 3.49. The van der Waals surface area contributed by atoms with Gasteiger partial charge in [-0.2, -0.15) is 0 Å². The largest absolute Gasteiger partial charge is 0.503 e. The predicted molar refractivity (Wildman–Crippen MR) is 41.6 cm³/mol. The standard InChI is InChI=1S/C7H8F2N2O2/c8-7(9)3-2-11-4(1-10)6(13)5(3)12/h2,7,13H,1,10H2,(H,11,12). The molecule has 0 unspecified atom stereocenters. The summed E-state index contributed by atoms with van der Waals surface area (Å²) in [7, 11) is 0. The van der Waals surface area contributed by atoms with Gasteiger partial charge in [0.25, 0.3) is 6.43 Å². The summed E-state index contributed by atoms with van der Waals surface area (Å²) in [6.07, 6.45) is -2.05. The summed E-state index contributed by atoms with van der Waals surface area (Å²) < 4.78 is 24.2. The van der Waals surface area contributed by atoms with Gasteiger partial charge in [-0.05, 0) is 0 Å². The van der Waals surface area contributed by atoms with Crippen molar-refractivity contribution in [3.8, 4) is 5.75 Å². The Bertz CT molecular complexity index is 362. The van der Waals surface area contributed by atoms with E-state index in [2.05, 4.69) is 4.98 Å². The number of aromatic nitrogens is 1. The highest BCUT2D eigenvalue weighted by atomic mass is 19.3. The fraction of sp³-hybridized carbons (Fsp3) is 0.286. The molecule has 0 bridgehead atoms. The van der Waals surface area contributed by atoms with Crippen LogP contribution in [0.1, 0.15) is 17.7 Å². The maximum absolute atomic E-state index is 12.1. The van der Waals surface area contributed by atoms with Gasteiger partial charge in [0.1, 0.15) is 0 Å². The van der Waals surface area contributed by atoms with Crippen molar-refractivity contribution in [1.82, 2.24) is 4.98 Å². The summed E-state index contributed by atoms with van der Waals surface area (Å²) >= 11 is 0. The SMILES string of the molecule is NCc1[nH]cc(C(F)F)c(=O)c1O. The lowest BCUT2D eigenvalue weighted by atomic mass is 10.2. The minimum Gasteiger partial charge on any atom is -0.503 e. The Kier molecular flexibility index (Phi) is 2.62. The lowest BCUT2D eigenvalue weighted by Crippen LogP contribution is -2.14. The number of rotatable bonds is 2. The second-order valence-corrected chi connectivity index (χ2v) is 2.41. The Morgan fingerprint density at radius 3 is 2.69 bits per heavy atom. The zero-order valence-corrected chi connectivity index (χ0v) is 6.55. The van der Waals surface area contributed by atoms with Gasteiger partial charge >= 0.3 is 0 Å². The zero-order valence-electron chi connectivity index (χ0n) is 6.55. The van der Waals surface area contributed by atoms with Crippen molar-refractivity contribution in [2.45, 2.75) is 13.0 Å². The number of aromatic hydroxyl groups is 1. The van der Waals surface area contributed by atoms with E-state index in [9.17, 15) is 13.6 Å². The molecule has 0 aromatic carbocycles. The van der Waals surface area contributed by atoms with Gasteiger partial charge in [-0.15, -0.1) is 0 Å². The smallest absolute Gasteiger partial charge is 0.269 e. The van der Waals surface area contributed by atoms with Crippen molar-refractivity contribution >= 4 is 0 Å². The quantitative estimate of drug-likeness (QED) is 0.634. The highest BCUT2D eigenvalue weighted by molar-refractivity contribution is 5.30. The van der Waals surface area contributed by atoms with Gasteiger partial charge in [0, 0.05) is 12.7 Å². The minimum absolute atomic E-state index is 0.0504. The lowest BCUT2D eigenvalue weighted by molar-refractivity contribution is 0.149. The molecule has 6 heteroatoms. The molecule has 1 heterocycles. The Labute approximate surface area is 72.0 Å². The van der Waals surface area contributed by atoms with Crippen LogP contribution in [-0.2, 0) is 6.54 Å². The molecule has 0 radical (unpaired) electrons. The highest BCUT2D eigenvalue weighted by Gasteiger charge is 2.16. The van der Waals surface area contributed by atoms with E-state index in [-0.39, 0.29) is 12.2 Å². The molecule has 0 saturated heterocycles. The van der Waals surface area contributed by atoms with Gasteiger partial charge in [-0.25, -0.2) is 8.78 Å². The second kappa shape index (κ2) is 3.53. The van der Waals surface area contributed by atoms with E-state index in [1.807, 2.05) is 0 Å². The van der Waals surface area contributed by atoms with E-state index in [4.69, 9.17) is 10.8 Å². The molecule has 0 aliphatic carbocycles. The molecular weight excluding hydrogens is 182 g/mol. The van der Waals surface area contributed by atoms with E-state index in [0.717, 1.165) is 6.20 Å². The first-order chi connectivity index (χ1) is 6.07. The summed E-state index contributed by atoms with van der Waals surface area (Å²) in [5.41, 5.74) is 3.35. The second-order valence-electron chi connectivity index (χ2n) is 2.41. The van der Waals surface area contributed by atoms with Crippen LogP contribution in [0.2, 0.25) is 0 Å². The Morgan fingerprint density at radius 1 is 1.62 bits per heavy atom. The monoisotopic (exact) mass is 190 g/mol. The molecule has 0 fully saturated rings. The van der Waals surface area contributed by atoms with Crippen molar-refractivity contribution in [3.63, 3.8) is 0 Å². The average Bonchev–Trinajstić information content (AvgIpc) is 2.09. The van der Waals surface area contributed by atoms with Crippen molar-refractivity contribution in [2.75, 3.05) is 0 Å². The van der Waals surface area contributed by atoms with Gasteiger partial charge in [-0.3, -0.25) is 4.79 Å². The van der Waals surface area contributed by atoms with E-state index in [0.29, 0.717) is 0 Å². The molecule has 0 atom stereocenters. The van der Waals surface area contributed by atoms with Gasteiger partial charge in [-0.1, -0.05) is 0 Å². The molecule has 1 rings (SSSR count). The number of nitrogens with two attached hydrogens (primary N) is 1. The van der Waals surface area contributed by atoms with Crippen molar-refractivity contribution in [2.24, 2.45) is 5.73 Å². The van der Waals surface area contributed by atoms with Gasteiger partial charge in [0.2, 0.25) is 5.43 Å². The Hall–Kier alpha value is -1.43. The van der Waals surface area contributed by atoms with Crippen LogP contribution in [0, 0.1) is 0 Å². The zero-order chi connectivity index (χ0) is 10.0. The first kappa shape index (κ1) is 9.66. The third-order valence-corrected chi connectivity index (χ3v) is 1.60. The van der Waals surface area contributed by atoms with Crippen LogP contribution in [0.25, 0.3) is 0 Å². The summed E-state index contributed by atoms with van der Waals surface area (Å²) in [4.78, 5) is 13.3. The molecule has 1 aromatic rings. The number of alkyl halides is 2. The summed E-state index contributed by atoms with van der Waals surface area (Å²) in [6, 6.07) is 0. The van der Waals surface area contributed by atoms with Crippen molar-refractivity contribution in [1.29, 1.82) is 0 Å². The summed E-state index contributed by atoms with van der Waals surface area (Å²) in [5.74, 6) is -0.736. The van der Waals surface area contributed by atoms with Crippen LogP contribution >= 0.6 is 0 Å². The Balaban J connectivity index is 3.32. The van der Waals surface area contributed by atoms with Crippen LogP contribution in [0.5, 0.6) is 5.75 Å². The van der Waals surface area contributed by atoms with Crippen molar-refractivity contribution in [3.05, 3.63) is 27.7 Å². The van der Waals surface area contributed by atoms with E-state index in [1.54, 1.807) is 0 Å². The first-order valence-electron chi connectivity index (χ1n) is 3.49. The number of H-pyrrole nitrogens is 1. The third-order valence-electron chi connectivity index (χ3n) is 1.60. The molecule has 0 amide bonds. The fourth-order valence-corrected chi connectivity index (χ4v) is 0.890. The molecule has 0 aliphatic rings. The van der Waals surface area contributed by atoms with Crippen LogP contribution in [-0.4, -0.2) is 10.1 Å². The lowest BCUT2D eigenvalue weighted by Gasteiger charge is -2.03. The summed E-state index contributed by atoms with van der Waals surface area (Å²) in [5, 5.41) is 9.07. The Morgan fingerprint density at radius 2 is 2.23 bits per heavy atom. The number of halogens is 2.